The fourth-order valence-corrected chi connectivity index (χ4v) is 4.01. The predicted octanol–water partition coefficient (Wildman–Crippen LogP) is 4.26. The first-order chi connectivity index (χ1) is 15.0. The number of non-ortho nitro benzene ring substituents is 1. The molecule has 1 aliphatic rings. The maximum atomic E-state index is 12.7. The van der Waals surface area contributed by atoms with Gasteiger partial charge in [0.15, 0.2) is 0 Å². The van der Waals surface area contributed by atoms with Gasteiger partial charge in [0.1, 0.15) is 0 Å². The summed E-state index contributed by atoms with van der Waals surface area (Å²) in [5.74, 6) is 0.647. The van der Waals surface area contributed by atoms with Gasteiger partial charge >= 0.3 is 0 Å². The lowest BCUT2D eigenvalue weighted by molar-refractivity contribution is -0.384. The highest BCUT2D eigenvalue weighted by molar-refractivity contribution is 9.10. The Labute approximate surface area is 186 Å². The van der Waals surface area contributed by atoms with Crippen molar-refractivity contribution in [1.82, 2.24) is 15.0 Å². The van der Waals surface area contributed by atoms with Crippen molar-refractivity contribution in [1.29, 1.82) is 0 Å². The number of hydrogen-bond donors (Lipinski definition) is 1. The molecule has 0 aliphatic carbocycles. The second-order valence-electron chi connectivity index (χ2n) is 7.39. The van der Waals surface area contributed by atoms with Gasteiger partial charge in [0.25, 0.3) is 5.69 Å². The smallest absolute Gasteiger partial charge is 0.271 e. The van der Waals surface area contributed by atoms with Crippen molar-refractivity contribution < 1.29 is 14.2 Å². The Balaban J connectivity index is 1.37. The molecule has 1 unspecified atom stereocenters. The Kier molecular flexibility index (Phi) is 6.38. The third-order valence-electron chi connectivity index (χ3n) is 5.11. The molecule has 4 rings (SSSR count). The number of piperidine rings is 1. The highest BCUT2D eigenvalue weighted by atomic mass is 79.9. The normalized spacial score (nSPS) is 16.7. The van der Waals surface area contributed by atoms with Gasteiger partial charge in [0.05, 0.1) is 17.4 Å². The molecule has 1 amide bonds. The van der Waals surface area contributed by atoms with Gasteiger partial charge in [-0.15, -0.1) is 0 Å². The number of halogens is 1. The van der Waals surface area contributed by atoms with Crippen LogP contribution in [0.3, 0.4) is 0 Å². The summed E-state index contributed by atoms with van der Waals surface area (Å²) >= 11 is 3.44. The van der Waals surface area contributed by atoms with Crippen LogP contribution in [-0.2, 0) is 11.3 Å². The third-order valence-corrected chi connectivity index (χ3v) is 5.60. The van der Waals surface area contributed by atoms with Crippen molar-refractivity contribution >= 4 is 33.2 Å². The molecule has 2 aromatic carbocycles. The van der Waals surface area contributed by atoms with E-state index in [9.17, 15) is 14.9 Å². The molecule has 1 aromatic heterocycles. The van der Waals surface area contributed by atoms with Crippen LogP contribution < -0.4 is 5.32 Å². The molecule has 160 valence electrons. The molecule has 0 saturated carbocycles. The van der Waals surface area contributed by atoms with Crippen LogP contribution in [0.5, 0.6) is 0 Å². The highest BCUT2D eigenvalue weighted by Crippen LogP contribution is 2.24. The van der Waals surface area contributed by atoms with E-state index in [0.717, 1.165) is 29.4 Å². The summed E-state index contributed by atoms with van der Waals surface area (Å²) in [7, 11) is 0. The van der Waals surface area contributed by atoms with E-state index in [2.05, 4.69) is 36.3 Å². The number of nitro groups is 1. The second kappa shape index (κ2) is 9.36. The molecule has 1 saturated heterocycles. The fraction of sp³-hybridized carbons (Fsp3) is 0.286. The molecule has 3 aromatic rings. The minimum Gasteiger partial charge on any atom is -0.338 e. The zero-order valence-corrected chi connectivity index (χ0v) is 18.1. The Hall–Kier alpha value is -3.11. The summed E-state index contributed by atoms with van der Waals surface area (Å²) in [6, 6.07) is 13.6. The number of nitrogens with one attached hydrogen (secondary N) is 1. The molecule has 10 heteroatoms. The van der Waals surface area contributed by atoms with Gasteiger partial charge in [-0.1, -0.05) is 39.3 Å². The molecule has 1 N–H and O–H groups in total. The van der Waals surface area contributed by atoms with E-state index < -0.39 is 4.92 Å². The van der Waals surface area contributed by atoms with E-state index >= 15 is 0 Å². The molecule has 2 heterocycles. The van der Waals surface area contributed by atoms with Gasteiger partial charge in [0.2, 0.25) is 17.6 Å². The van der Waals surface area contributed by atoms with Crippen LogP contribution in [0.1, 0.15) is 18.7 Å². The number of likely N-dealkylation sites (tertiary alicyclic amines) is 1. The number of rotatable bonds is 6. The Bertz CT molecular complexity index is 1100. The van der Waals surface area contributed by atoms with Gasteiger partial charge in [-0.05, 0) is 37.6 Å². The molecule has 1 fully saturated rings. The highest BCUT2D eigenvalue weighted by Gasteiger charge is 2.27. The second-order valence-corrected chi connectivity index (χ2v) is 8.31. The van der Waals surface area contributed by atoms with Gasteiger partial charge in [-0.3, -0.25) is 19.8 Å². The van der Waals surface area contributed by atoms with Crippen LogP contribution in [0.4, 0.5) is 11.4 Å². The topological polar surface area (TPSA) is 114 Å². The summed E-state index contributed by atoms with van der Waals surface area (Å²) in [5.41, 5.74) is 1.23. The number of amides is 1. The minimum absolute atomic E-state index is 0.0549. The predicted molar refractivity (Wildman–Crippen MR) is 117 cm³/mol. The third kappa shape index (κ3) is 5.33. The Morgan fingerprint density at radius 3 is 2.94 bits per heavy atom. The van der Waals surface area contributed by atoms with Crippen molar-refractivity contribution in [3.05, 3.63) is 69.0 Å². The summed E-state index contributed by atoms with van der Waals surface area (Å²) in [6.07, 6.45) is 1.62. The molecule has 0 bridgehead atoms. The first-order valence-corrected chi connectivity index (χ1v) is 10.6. The quantitative estimate of drug-likeness (QED) is 0.409. The van der Waals surface area contributed by atoms with Gasteiger partial charge < -0.3 is 9.84 Å². The molecule has 31 heavy (non-hydrogen) atoms. The molecule has 1 atom stereocenters. The number of nitro benzene ring substituents is 1. The largest absolute Gasteiger partial charge is 0.338 e. The van der Waals surface area contributed by atoms with Crippen LogP contribution in [0.15, 0.2) is 57.5 Å². The van der Waals surface area contributed by atoms with Crippen molar-refractivity contribution in [2.75, 3.05) is 18.4 Å². The number of hydrogen-bond acceptors (Lipinski definition) is 7. The van der Waals surface area contributed by atoms with Gasteiger partial charge in [-0.25, -0.2) is 0 Å². The number of anilines is 1. The zero-order valence-electron chi connectivity index (χ0n) is 16.5. The molecule has 1 aliphatic heterocycles. The van der Waals surface area contributed by atoms with Crippen LogP contribution in [0.2, 0.25) is 0 Å². The Morgan fingerprint density at radius 2 is 2.13 bits per heavy atom. The number of aromatic nitrogens is 2. The standard InChI is InChI=1S/C21H20BrN5O4/c22-16-6-1-4-14(10-16)20-24-19(31-25-20)13-26-9-3-5-15(12-26)21(28)23-17-7-2-8-18(11-17)27(29)30/h1-2,4,6-8,10-11,15H,3,5,9,12-13H2,(H,23,28). The summed E-state index contributed by atoms with van der Waals surface area (Å²) in [6.45, 7) is 1.84. The average Bonchev–Trinajstić information content (AvgIpc) is 3.22. The molecular formula is C21H20BrN5O4. The summed E-state index contributed by atoms with van der Waals surface area (Å²) in [4.78, 5) is 29.7. The summed E-state index contributed by atoms with van der Waals surface area (Å²) < 4.78 is 6.34. The maximum Gasteiger partial charge on any atom is 0.271 e. The van der Waals surface area contributed by atoms with E-state index in [1.54, 1.807) is 12.1 Å². The summed E-state index contributed by atoms with van der Waals surface area (Å²) in [5, 5.41) is 17.8. The van der Waals surface area contributed by atoms with Crippen molar-refractivity contribution in [2.45, 2.75) is 19.4 Å². The van der Waals surface area contributed by atoms with Crippen molar-refractivity contribution in [2.24, 2.45) is 5.92 Å². The van der Waals surface area contributed by atoms with Crippen molar-refractivity contribution in [3.63, 3.8) is 0 Å². The van der Waals surface area contributed by atoms with E-state index in [1.165, 1.54) is 12.1 Å². The van der Waals surface area contributed by atoms with E-state index in [1.807, 2.05) is 24.3 Å². The van der Waals surface area contributed by atoms with Crippen LogP contribution in [0, 0.1) is 16.0 Å². The lowest BCUT2D eigenvalue weighted by atomic mass is 9.97. The van der Waals surface area contributed by atoms with Gasteiger partial charge in [0, 0.05) is 34.4 Å². The zero-order chi connectivity index (χ0) is 21.8. The average molecular weight is 486 g/mol. The number of nitrogens with zero attached hydrogens (tertiary/aromatic N) is 4. The fourth-order valence-electron chi connectivity index (χ4n) is 3.61. The van der Waals surface area contributed by atoms with E-state index in [-0.39, 0.29) is 17.5 Å². The van der Waals surface area contributed by atoms with Crippen molar-refractivity contribution in [3.8, 4) is 11.4 Å². The number of carbonyl (C=O) groups is 1. The molecule has 0 spiro atoms. The van der Waals surface area contributed by atoms with Crippen LogP contribution in [0.25, 0.3) is 11.4 Å². The lowest BCUT2D eigenvalue weighted by Crippen LogP contribution is -2.40. The van der Waals surface area contributed by atoms with E-state index in [4.69, 9.17) is 4.52 Å². The minimum atomic E-state index is -0.481. The van der Waals surface area contributed by atoms with E-state index in [0.29, 0.717) is 30.5 Å². The number of carbonyl (C=O) groups excluding carboxylic acids is 1. The van der Waals surface area contributed by atoms with Gasteiger partial charge in [-0.2, -0.15) is 4.98 Å². The first kappa shape index (κ1) is 21.1. The maximum absolute atomic E-state index is 12.7. The molecule has 9 nitrogen and oxygen atoms in total. The molecular weight excluding hydrogens is 466 g/mol. The molecule has 0 radical (unpaired) electrons. The number of benzene rings is 2. The Morgan fingerprint density at radius 1 is 1.29 bits per heavy atom. The first-order valence-electron chi connectivity index (χ1n) is 9.84. The monoisotopic (exact) mass is 485 g/mol. The van der Waals surface area contributed by atoms with Crippen LogP contribution >= 0.6 is 15.9 Å². The van der Waals surface area contributed by atoms with Crippen LogP contribution in [-0.4, -0.2) is 39.0 Å². The SMILES string of the molecule is O=C(Nc1cccc([N+](=O)[O-])c1)C1CCCN(Cc2nc(-c3cccc(Br)c3)no2)C1. The lowest BCUT2D eigenvalue weighted by Gasteiger charge is -2.30.